The lowest BCUT2D eigenvalue weighted by atomic mass is 9.99. The van der Waals surface area contributed by atoms with E-state index in [1.165, 1.54) is 21.7 Å². The molecular weight excluding hydrogens is 288 g/mol. The molecule has 0 bridgehead atoms. The first-order valence-corrected chi connectivity index (χ1v) is 6.93. The molecule has 0 atom stereocenters. The van der Waals surface area contributed by atoms with Gasteiger partial charge in [-0.05, 0) is 30.4 Å². The van der Waals surface area contributed by atoms with E-state index in [0.717, 1.165) is 28.7 Å². The highest BCUT2D eigenvalue weighted by Crippen LogP contribution is 2.38. The Hall–Kier alpha value is -1.54. The minimum atomic E-state index is 1.02. The van der Waals surface area contributed by atoms with Gasteiger partial charge in [0.15, 0.2) is 0 Å². The maximum absolute atomic E-state index is 6.05. The van der Waals surface area contributed by atoms with E-state index in [1.807, 2.05) is 0 Å². The molecule has 0 amide bonds. The summed E-state index contributed by atoms with van der Waals surface area (Å²) in [5, 5.41) is 3.64. The molecule has 2 aromatic carbocycles. The average molecular weight is 299 g/mol. The first-order valence-electron chi connectivity index (χ1n) is 6.14. The predicted octanol–water partition coefficient (Wildman–Crippen LogP) is 5.31. The smallest absolute Gasteiger partial charge is 0.142 e. The first-order chi connectivity index (χ1) is 8.84. The van der Waals surface area contributed by atoms with Gasteiger partial charge >= 0.3 is 0 Å². The second-order valence-electron chi connectivity index (χ2n) is 4.67. The number of rotatable bonds is 0. The van der Waals surface area contributed by atoms with Gasteiger partial charge in [-0.3, -0.25) is 0 Å². The van der Waals surface area contributed by atoms with Gasteiger partial charge in [-0.15, -0.1) is 0 Å². The van der Waals surface area contributed by atoms with E-state index in [1.54, 1.807) is 0 Å². The summed E-state index contributed by atoms with van der Waals surface area (Å²) in [5.74, 6) is 1.03. The van der Waals surface area contributed by atoms with Crippen molar-refractivity contribution in [3.8, 4) is 0 Å². The second-order valence-corrected chi connectivity index (χ2v) is 5.52. The zero-order valence-corrected chi connectivity index (χ0v) is 11.3. The fourth-order valence-electron chi connectivity index (χ4n) is 2.75. The molecule has 0 aliphatic heterocycles. The van der Waals surface area contributed by atoms with Crippen molar-refractivity contribution >= 4 is 43.7 Å². The monoisotopic (exact) mass is 298 g/mol. The zero-order chi connectivity index (χ0) is 12.1. The molecule has 1 heterocycles. The Morgan fingerprint density at radius 2 is 1.89 bits per heavy atom. The molecule has 0 fully saturated rings. The summed E-state index contributed by atoms with van der Waals surface area (Å²) in [5.41, 5.74) is 2.37. The SMILES string of the molecule is Brc1cc2c3c(oc2c2ccccc12)C=CCC3. The minimum Gasteiger partial charge on any atom is -0.456 e. The fourth-order valence-corrected chi connectivity index (χ4v) is 3.33. The normalized spacial score (nSPS) is 14.3. The van der Waals surface area contributed by atoms with Crippen LogP contribution in [0.5, 0.6) is 0 Å². The molecule has 1 aliphatic carbocycles. The molecule has 0 saturated carbocycles. The lowest BCUT2D eigenvalue weighted by molar-refractivity contribution is 0.598. The highest BCUT2D eigenvalue weighted by atomic mass is 79.9. The molecule has 1 aliphatic rings. The summed E-state index contributed by atoms with van der Waals surface area (Å²) in [6, 6.07) is 10.6. The van der Waals surface area contributed by atoms with Crippen molar-refractivity contribution in [2.45, 2.75) is 12.8 Å². The Balaban J connectivity index is 2.24. The molecular formula is C16H11BrO. The summed E-state index contributed by atoms with van der Waals surface area (Å²) < 4.78 is 7.19. The first kappa shape index (κ1) is 10.4. The molecule has 0 radical (unpaired) electrons. The van der Waals surface area contributed by atoms with Gasteiger partial charge in [0.1, 0.15) is 11.3 Å². The van der Waals surface area contributed by atoms with Crippen molar-refractivity contribution in [3.63, 3.8) is 0 Å². The van der Waals surface area contributed by atoms with Crippen molar-refractivity contribution in [3.05, 3.63) is 52.2 Å². The number of hydrogen-bond donors (Lipinski definition) is 0. The van der Waals surface area contributed by atoms with Crippen molar-refractivity contribution in [1.29, 1.82) is 0 Å². The largest absolute Gasteiger partial charge is 0.456 e. The van der Waals surface area contributed by atoms with Crippen molar-refractivity contribution < 1.29 is 4.42 Å². The number of aryl methyl sites for hydroxylation is 1. The summed E-state index contributed by atoms with van der Waals surface area (Å²) in [6.07, 6.45) is 6.46. The standard InChI is InChI=1S/C16H11BrO/c17-14-9-13-11-6-3-4-8-15(11)18-16(13)12-7-2-1-5-10(12)14/h1-2,4-5,7-9H,3,6H2. The Labute approximate surface area is 113 Å². The van der Waals surface area contributed by atoms with E-state index >= 15 is 0 Å². The van der Waals surface area contributed by atoms with Crippen molar-refractivity contribution in [1.82, 2.24) is 0 Å². The van der Waals surface area contributed by atoms with Gasteiger partial charge in [-0.1, -0.05) is 46.3 Å². The third kappa shape index (κ3) is 1.33. The highest BCUT2D eigenvalue weighted by Gasteiger charge is 2.17. The maximum atomic E-state index is 6.05. The molecule has 3 aromatic rings. The van der Waals surface area contributed by atoms with Crippen LogP contribution in [0.4, 0.5) is 0 Å². The van der Waals surface area contributed by atoms with Gasteiger partial charge in [0.2, 0.25) is 0 Å². The topological polar surface area (TPSA) is 13.1 Å². The van der Waals surface area contributed by atoms with Crippen LogP contribution < -0.4 is 0 Å². The second kappa shape index (κ2) is 3.72. The molecule has 88 valence electrons. The zero-order valence-electron chi connectivity index (χ0n) is 9.74. The number of hydrogen-bond acceptors (Lipinski definition) is 1. The Morgan fingerprint density at radius 1 is 1.06 bits per heavy atom. The van der Waals surface area contributed by atoms with Crippen LogP contribution in [0.25, 0.3) is 27.8 Å². The van der Waals surface area contributed by atoms with E-state index in [2.05, 4.69) is 58.4 Å². The number of allylic oxidation sites excluding steroid dienone is 1. The lowest BCUT2D eigenvalue weighted by Gasteiger charge is -2.04. The molecule has 2 heteroatoms. The van der Waals surface area contributed by atoms with Crippen molar-refractivity contribution in [2.24, 2.45) is 0 Å². The summed E-state index contributed by atoms with van der Waals surface area (Å²) in [6.45, 7) is 0. The van der Waals surface area contributed by atoms with Crippen LogP contribution >= 0.6 is 15.9 Å². The van der Waals surface area contributed by atoms with Crippen LogP contribution in [0, 0.1) is 0 Å². The van der Waals surface area contributed by atoms with Crippen molar-refractivity contribution in [2.75, 3.05) is 0 Å². The number of halogens is 1. The minimum absolute atomic E-state index is 1.02. The third-order valence-corrected chi connectivity index (χ3v) is 4.27. The van der Waals surface area contributed by atoms with Gasteiger partial charge in [0, 0.05) is 20.8 Å². The molecule has 1 nitrogen and oxygen atoms in total. The molecule has 0 N–H and O–H groups in total. The number of furan rings is 1. The molecule has 0 saturated heterocycles. The third-order valence-electron chi connectivity index (χ3n) is 3.61. The molecule has 18 heavy (non-hydrogen) atoms. The van der Waals surface area contributed by atoms with Gasteiger partial charge in [0.25, 0.3) is 0 Å². The van der Waals surface area contributed by atoms with E-state index < -0.39 is 0 Å². The lowest BCUT2D eigenvalue weighted by Crippen LogP contribution is -1.89. The van der Waals surface area contributed by atoms with Gasteiger partial charge in [-0.25, -0.2) is 0 Å². The van der Waals surface area contributed by atoms with Gasteiger partial charge < -0.3 is 4.42 Å². The summed E-state index contributed by atoms with van der Waals surface area (Å²) >= 11 is 3.67. The van der Waals surface area contributed by atoms with Crippen LogP contribution in [0.2, 0.25) is 0 Å². The maximum Gasteiger partial charge on any atom is 0.142 e. The quantitative estimate of drug-likeness (QED) is 0.548. The number of fused-ring (bicyclic) bond motifs is 5. The number of benzene rings is 2. The van der Waals surface area contributed by atoms with Gasteiger partial charge in [-0.2, -0.15) is 0 Å². The van der Waals surface area contributed by atoms with Crippen LogP contribution in [0.15, 0.2) is 45.3 Å². The van der Waals surface area contributed by atoms with E-state index in [-0.39, 0.29) is 0 Å². The van der Waals surface area contributed by atoms with E-state index in [4.69, 9.17) is 4.42 Å². The molecule has 4 rings (SSSR count). The average Bonchev–Trinajstić information content (AvgIpc) is 2.78. The predicted molar refractivity (Wildman–Crippen MR) is 78.8 cm³/mol. The molecule has 1 aromatic heterocycles. The Kier molecular flexibility index (Phi) is 2.15. The fraction of sp³-hybridized carbons (Fsp3) is 0.125. The summed E-state index contributed by atoms with van der Waals surface area (Å²) in [7, 11) is 0. The van der Waals surface area contributed by atoms with Gasteiger partial charge in [0.05, 0.1) is 0 Å². The molecule has 0 spiro atoms. The highest BCUT2D eigenvalue weighted by molar-refractivity contribution is 9.10. The molecule has 0 unspecified atom stereocenters. The van der Waals surface area contributed by atoms with Crippen LogP contribution in [0.1, 0.15) is 17.7 Å². The van der Waals surface area contributed by atoms with Crippen LogP contribution in [0.3, 0.4) is 0 Å². The van der Waals surface area contributed by atoms with E-state index in [9.17, 15) is 0 Å². The van der Waals surface area contributed by atoms with Crippen LogP contribution in [-0.4, -0.2) is 0 Å². The summed E-state index contributed by atoms with van der Waals surface area (Å²) in [4.78, 5) is 0. The Bertz CT molecular complexity index is 796. The van der Waals surface area contributed by atoms with Crippen LogP contribution in [-0.2, 0) is 6.42 Å². The Morgan fingerprint density at radius 3 is 2.78 bits per heavy atom. The van der Waals surface area contributed by atoms with E-state index in [0.29, 0.717) is 0 Å².